The Kier molecular flexibility index (Phi) is 18.9. The molecule has 9 rings (SSSR count). The molecule has 8 aromatic carbocycles. The van der Waals surface area contributed by atoms with Crippen LogP contribution in [0.2, 0.25) is 0 Å². The second-order valence-electron chi connectivity index (χ2n) is 20.6. The zero-order chi connectivity index (χ0) is 72.5. The lowest BCUT2D eigenvalue weighted by atomic mass is 10.0. The van der Waals surface area contributed by atoms with Gasteiger partial charge < -0.3 is 145 Å². The number of carbonyl (C=O) groups excluding carboxylic acids is 8. The van der Waals surface area contributed by atoms with Crippen LogP contribution in [0.3, 0.4) is 0 Å². The van der Waals surface area contributed by atoms with E-state index in [0.717, 1.165) is 0 Å². The van der Waals surface area contributed by atoms with Gasteiger partial charge in [-0.05, 0) is 97.1 Å². The highest BCUT2D eigenvalue weighted by Gasteiger charge is 2.47. The van der Waals surface area contributed by atoms with Crippen LogP contribution < -0.4 is 18.9 Å². The van der Waals surface area contributed by atoms with Gasteiger partial charge in [0.05, 0.1) is 50.6 Å². The molecule has 99 heavy (non-hydrogen) atoms. The van der Waals surface area contributed by atoms with Crippen molar-refractivity contribution in [1.82, 2.24) is 0 Å². The molecule has 20 N–H and O–H groups in total. The Balaban J connectivity index is 1.10. The van der Waals surface area contributed by atoms with Gasteiger partial charge in [-0.25, -0.2) is 38.4 Å². The minimum Gasteiger partial charge on any atom is -0.504 e. The maximum absolute atomic E-state index is 14.5. The fraction of sp³-hybridized carbons (Fsp3) is 0.0968. The first-order valence-electron chi connectivity index (χ1n) is 27.2. The minimum absolute atomic E-state index is 0.461. The minimum atomic E-state index is -2.65. The van der Waals surface area contributed by atoms with E-state index in [1.165, 1.54) is 0 Å². The predicted octanol–water partition coefficient (Wildman–Crippen LogP) is 4.26. The molecule has 1 fully saturated rings. The van der Waals surface area contributed by atoms with E-state index in [4.69, 9.17) is 42.6 Å². The molecule has 1 saturated heterocycles. The van der Waals surface area contributed by atoms with Crippen molar-refractivity contribution < 1.29 is 183 Å². The molecular formula is C62H44O37. The second kappa shape index (κ2) is 27.2. The summed E-state index contributed by atoms with van der Waals surface area (Å²) in [6.07, 6.45) is -10.3. The summed E-state index contributed by atoms with van der Waals surface area (Å²) in [5.74, 6) is -39.8. The van der Waals surface area contributed by atoms with E-state index in [1.807, 2.05) is 0 Å². The zero-order valence-electron chi connectivity index (χ0n) is 48.8. The van der Waals surface area contributed by atoms with Crippen molar-refractivity contribution in [2.45, 2.75) is 31.0 Å². The van der Waals surface area contributed by atoms with Crippen molar-refractivity contribution in [3.05, 3.63) is 142 Å². The summed E-state index contributed by atoms with van der Waals surface area (Å²) in [5.41, 5.74) is -6.40. The van der Waals surface area contributed by atoms with E-state index in [1.54, 1.807) is 0 Å². The number of phenolic OH excluding ortho intramolecular Hbond substituents is 20. The van der Waals surface area contributed by atoms with Crippen molar-refractivity contribution in [1.29, 1.82) is 0 Å². The first-order valence-corrected chi connectivity index (χ1v) is 27.2. The lowest BCUT2D eigenvalue weighted by Crippen LogP contribution is -2.54. The largest absolute Gasteiger partial charge is 0.504 e. The molecule has 0 aromatic heterocycles. The maximum atomic E-state index is 14.5. The Hall–Kier alpha value is -14.5. The Morgan fingerprint density at radius 3 is 0.778 bits per heavy atom. The summed E-state index contributed by atoms with van der Waals surface area (Å²) in [7, 11) is 0. The quantitative estimate of drug-likeness (QED) is 0.0262. The van der Waals surface area contributed by atoms with Gasteiger partial charge in [-0.3, -0.25) is 0 Å². The van der Waals surface area contributed by atoms with E-state index in [0.29, 0.717) is 97.1 Å². The lowest BCUT2D eigenvalue weighted by Gasteiger charge is -2.39. The lowest BCUT2D eigenvalue weighted by molar-refractivity contribution is -0.250. The van der Waals surface area contributed by atoms with Gasteiger partial charge in [0, 0.05) is 6.42 Å². The van der Waals surface area contributed by atoms with Crippen molar-refractivity contribution >= 4 is 47.8 Å². The van der Waals surface area contributed by atoms with Gasteiger partial charge in [0.15, 0.2) is 115 Å². The molecule has 8 aromatic rings. The van der Waals surface area contributed by atoms with Crippen LogP contribution in [0, 0.1) is 0 Å². The van der Waals surface area contributed by atoms with E-state index in [9.17, 15) is 140 Å². The predicted molar refractivity (Wildman–Crippen MR) is 312 cm³/mol. The summed E-state index contributed by atoms with van der Waals surface area (Å²) >= 11 is 0. The van der Waals surface area contributed by atoms with Gasteiger partial charge in [0.2, 0.25) is 35.4 Å². The van der Waals surface area contributed by atoms with Crippen LogP contribution in [0.4, 0.5) is 0 Å². The fourth-order valence-corrected chi connectivity index (χ4v) is 8.84. The highest BCUT2D eigenvalue weighted by Crippen LogP contribution is 2.45. The van der Waals surface area contributed by atoms with E-state index in [2.05, 4.69) is 0 Å². The maximum Gasteiger partial charge on any atom is 0.343 e. The summed E-state index contributed by atoms with van der Waals surface area (Å²) < 4.78 is 48.7. The third kappa shape index (κ3) is 14.7. The van der Waals surface area contributed by atoms with E-state index >= 15 is 0 Å². The number of carbonyl (C=O) groups is 8. The Labute approximate surface area is 546 Å². The molecule has 1 aliphatic rings. The topological polar surface area (TPSA) is 624 Å². The van der Waals surface area contributed by atoms with Crippen molar-refractivity contribution in [2.75, 3.05) is 6.61 Å². The normalized spacial score (nSPS) is 14.7. The number of hydrogen-bond acceptors (Lipinski definition) is 37. The molecule has 1 aliphatic heterocycles. The first-order chi connectivity index (χ1) is 46.6. The number of phenols is 20. The van der Waals surface area contributed by atoms with Crippen LogP contribution in [0.25, 0.3) is 0 Å². The summed E-state index contributed by atoms with van der Waals surface area (Å²) in [4.78, 5) is 110. The van der Waals surface area contributed by atoms with Crippen LogP contribution in [-0.4, -0.2) is 181 Å². The number of hydrogen-bond donors (Lipinski definition) is 20. The molecule has 0 spiro atoms. The number of ether oxygens (including phenoxy) is 9. The molecule has 37 heteroatoms. The summed E-state index contributed by atoms with van der Waals surface area (Å²) in [6, 6.07) is 8.84. The molecule has 4 atom stereocenters. The van der Waals surface area contributed by atoms with Gasteiger partial charge in [-0.2, -0.15) is 0 Å². The van der Waals surface area contributed by atoms with Crippen molar-refractivity contribution in [2.24, 2.45) is 0 Å². The third-order valence-corrected chi connectivity index (χ3v) is 13.8. The molecule has 37 nitrogen and oxygen atoms in total. The highest BCUT2D eigenvalue weighted by molar-refractivity contribution is 5.99. The van der Waals surface area contributed by atoms with E-state index in [-0.39, 0.29) is 0 Å². The number of rotatable bonds is 17. The number of aromatic hydroxyl groups is 20. The van der Waals surface area contributed by atoms with Crippen LogP contribution >= 0.6 is 0 Å². The van der Waals surface area contributed by atoms with Crippen LogP contribution in [0.15, 0.2) is 97.1 Å². The summed E-state index contributed by atoms with van der Waals surface area (Å²) in [6.45, 7) is -1.16. The smallest absolute Gasteiger partial charge is 0.343 e. The Bertz CT molecular complexity index is 4460. The molecule has 0 amide bonds. The van der Waals surface area contributed by atoms with Crippen molar-refractivity contribution in [3.63, 3.8) is 0 Å². The summed E-state index contributed by atoms with van der Waals surface area (Å²) in [5, 5.41) is 205. The molecule has 0 radical (unpaired) electrons. The van der Waals surface area contributed by atoms with E-state index < -0.39 is 268 Å². The third-order valence-electron chi connectivity index (χ3n) is 13.8. The first kappa shape index (κ1) is 68.8. The Morgan fingerprint density at radius 2 is 0.505 bits per heavy atom. The molecule has 1 heterocycles. The second-order valence-corrected chi connectivity index (χ2v) is 20.6. The van der Waals surface area contributed by atoms with Gasteiger partial charge in [0.1, 0.15) is 12.7 Å². The Morgan fingerprint density at radius 1 is 0.283 bits per heavy atom. The van der Waals surface area contributed by atoms with Crippen LogP contribution in [0.1, 0.15) is 89.3 Å². The molecule has 0 aliphatic carbocycles. The van der Waals surface area contributed by atoms with Gasteiger partial charge >= 0.3 is 47.8 Å². The number of esters is 8. The highest BCUT2D eigenvalue weighted by atomic mass is 16.7. The fourth-order valence-electron chi connectivity index (χ4n) is 8.84. The van der Waals surface area contributed by atoms with Crippen LogP contribution in [-0.2, 0) is 23.7 Å². The van der Waals surface area contributed by atoms with Crippen LogP contribution in [0.5, 0.6) is 138 Å². The number of benzene rings is 8. The van der Waals surface area contributed by atoms with Crippen molar-refractivity contribution in [3.8, 4) is 138 Å². The standard InChI is InChI=1S/C62H44O37/c63-28-1-19(2-29(64)45(28)75)55(84)93-40-13-23(9-36(71)49(40)79)54(83)91-18-27-17-44(97-59(88)24-10-37(72)50(80)41(14-24)94-56(85)20-3-30(65)46(76)31(66)4-20)53(98-60(89)25-11-38(73)51(81)42(15-25)95-57(86)21-5-32(67)47(77)33(68)6-21)62(92-27)99-61(90)26-12-39(74)52(82)43(16-26)96-58(87)22-7-34(69)48(78)35(70)8-22/h1-16,27,44,53,62-82H,17-18H2/t27-,44-,53+,62-/m0/s1. The molecule has 0 unspecified atom stereocenters. The average Bonchev–Trinajstić information content (AvgIpc) is 0.795. The van der Waals surface area contributed by atoms with Gasteiger partial charge in [0.25, 0.3) is 0 Å². The molecule has 514 valence electrons. The van der Waals surface area contributed by atoms with Gasteiger partial charge in [-0.1, -0.05) is 0 Å². The molecule has 0 saturated carbocycles. The average molecular weight is 1380 g/mol. The monoisotopic (exact) mass is 1380 g/mol. The molecular weight excluding hydrogens is 1340 g/mol. The zero-order valence-corrected chi connectivity index (χ0v) is 48.8. The molecule has 0 bridgehead atoms. The SMILES string of the molecule is O=C(OC[C@@H]1C[C@H](OC(=O)c2cc(O)c(O)c(OC(=O)c3cc(O)c(O)c(O)c3)c2)[C@@H](OC(=O)c2cc(O)c(O)c(OC(=O)c3cc(O)c(O)c(O)c3)c2)[C@H](OC(=O)c2cc(O)c(O)c(OC(=O)c3cc(O)c(O)c(O)c3)c2)O1)c1cc(O)c(O)c(OC(=O)c2cc(O)c(O)c(O)c2)c1. The van der Waals surface area contributed by atoms with Gasteiger partial charge in [-0.15, -0.1) is 0 Å².